The molecule has 0 saturated heterocycles. The molecule has 296 valence electrons. The average molecular weight is 732 g/mol. The maximum atomic E-state index is 12.3. The topological polar surface area (TPSA) is 216 Å². The van der Waals surface area contributed by atoms with Crippen LogP contribution in [0.15, 0.2) is 0 Å². The first-order valence-corrected chi connectivity index (χ1v) is 18.6. The minimum absolute atomic E-state index is 0.0207. The van der Waals surface area contributed by atoms with Gasteiger partial charge in [0.2, 0.25) is 17.7 Å². The lowest BCUT2D eigenvalue weighted by molar-refractivity contribution is -0.142. The van der Waals surface area contributed by atoms with E-state index in [4.69, 9.17) is 24.1 Å². The van der Waals surface area contributed by atoms with E-state index in [1.807, 2.05) is 13.8 Å². The van der Waals surface area contributed by atoms with E-state index in [9.17, 15) is 33.9 Å². The van der Waals surface area contributed by atoms with Crippen LogP contribution in [0.3, 0.4) is 0 Å². The molecule has 51 heavy (non-hydrogen) atoms. The fourth-order valence-corrected chi connectivity index (χ4v) is 4.74. The van der Waals surface area contributed by atoms with Gasteiger partial charge in [-0.1, -0.05) is 78.1 Å². The smallest absolute Gasteiger partial charge is 0.326 e. The summed E-state index contributed by atoms with van der Waals surface area (Å²) in [5, 5.41) is 25.9. The second kappa shape index (κ2) is 34.0. The molecule has 5 N–H and O–H groups in total. The van der Waals surface area contributed by atoms with E-state index < -0.39 is 18.0 Å². The highest BCUT2D eigenvalue weighted by Gasteiger charge is 2.20. The third-order valence-corrected chi connectivity index (χ3v) is 7.84. The standard InChI is InChI=1S/C36H65N3O12/c1-29(2)31(40)27-50-25-23-49-22-20-38-34(43)28-51-26-24-48-21-19-37-32(41)18-17-30(36(46)47)39-33(42)15-13-11-9-7-5-3-4-6-8-10-12-14-16-35(44)45/h29-30H,3-28H2,1-2H3,(H,37,41)(H,38,43)(H,39,42)(H,44,45)(H,46,47). The van der Waals surface area contributed by atoms with Crippen LogP contribution in [0.1, 0.15) is 117 Å². The summed E-state index contributed by atoms with van der Waals surface area (Å²) in [5.41, 5.74) is 0. The molecular weight excluding hydrogens is 666 g/mol. The van der Waals surface area contributed by atoms with Crippen LogP contribution in [-0.4, -0.2) is 118 Å². The maximum Gasteiger partial charge on any atom is 0.326 e. The summed E-state index contributed by atoms with van der Waals surface area (Å²) in [6.45, 7) is 5.64. The number of Topliss-reactive ketones (excluding diaryl/α,β-unsaturated/α-hetero) is 1. The maximum absolute atomic E-state index is 12.3. The van der Waals surface area contributed by atoms with Crippen molar-refractivity contribution in [2.45, 2.75) is 123 Å². The molecule has 0 aliphatic rings. The summed E-state index contributed by atoms with van der Waals surface area (Å²) in [5.74, 6) is -2.90. The number of hydrogen-bond acceptors (Lipinski definition) is 10. The van der Waals surface area contributed by atoms with Gasteiger partial charge in [-0.05, 0) is 19.3 Å². The molecule has 0 spiro atoms. The normalized spacial score (nSPS) is 11.7. The van der Waals surface area contributed by atoms with Gasteiger partial charge in [-0.15, -0.1) is 0 Å². The molecule has 15 heteroatoms. The second-order valence-corrected chi connectivity index (χ2v) is 12.8. The number of carbonyl (C=O) groups is 6. The number of carboxylic acids is 2. The highest BCUT2D eigenvalue weighted by Crippen LogP contribution is 2.13. The largest absolute Gasteiger partial charge is 0.481 e. The summed E-state index contributed by atoms with van der Waals surface area (Å²) < 4.78 is 21.2. The fraction of sp³-hybridized carbons (Fsp3) is 0.833. The number of rotatable bonds is 37. The summed E-state index contributed by atoms with van der Waals surface area (Å²) >= 11 is 0. The first-order chi connectivity index (χ1) is 24.5. The van der Waals surface area contributed by atoms with Crippen LogP contribution in [0.4, 0.5) is 0 Å². The van der Waals surface area contributed by atoms with Crippen molar-refractivity contribution in [3.05, 3.63) is 0 Å². The Morgan fingerprint density at radius 1 is 0.510 bits per heavy atom. The van der Waals surface area contributed by atoms with E-state index in [0.29, 0.717) is 32.8 Å². The van der Waals surface area contributed by atoms with Crippen LogP contribution >= 0.6 is 0 Å². The monoisotopic (exact) mass is 731 g/mol. The third-order valence-electron chi connectivity index (χ3n) is 7.84. The Labute approximate surface area is 303 Å². The van der Waals surface area contributed by atoms with E-state index in [1.165, 1.54) is 19.3 Å². The van der Waals surface area contributed by atoms with Gasteiger partial charge < -0.3 is 45.1 Å². The summed E-state index contributed by atoms with van der Waals surface area (Å²) in [4.78, 5) is 69.7. The van der Waals surface area contributed by atoms with Crippen LogP contribution in [0.2, 0.25) is 0 Å². The number of unbranched alkanes of at least 4 members (excludes halogenated alkanes) is 11. The van der Waals surface area contributed by atoms with Crippen LogP contribution in [-0.2, 0) is 47.7 Å². The van der Waals surface area contributed by atoms with Crippen molar-refractivity contribution in [3.8, 4) is 0 Å². The summed E-state index contributed by atoms with van der Waals surface area (Å²) in [7, 11) is 0. The summed E-state index contributed by atoms with van der Waals surface area (Å²) in [6, 6.07) is -1.13. The first kappa shape index (κ1) is 47.9. The number of ether oxygens (including phenoxy) is 4. The number of nitrogens with one attached hydrogen (secondary N) is 3. The molecule has 0 aliphatic heterocycles. The molecule has 0 aromatic carbocycles. The van der Waals surface area contributed by atoms with Crippen molar-refractivity contribution >= 4 is 35.4 Å². The lowest BCUT2D eigenvalue weighted by Gasteiger charge is -2.14. The van der Waals surface area contributed by atoms with Gasteiger partial charge in [0.15, 0.2) is 5.78 Å². The third kappa shape index (κ3) is 33.7. The number of carboxylic acid groups (broad SMARTS) is 2. The van der Waals surface area contributed by atoms with Gasteiger partial charge in [-0.25, -0.2) is 4.79 Å². The molecule has 1 atom stereocenters. The molecule has 1 unspecified atom stereocenters. The predicted molar refractivity (Wildman–Crippen MR) is 190 cm³/mol. The lowest BCUT2D eigenvalue weighted by atomic mass is 10.0. The van der Waals surface area contributed by atoms with Crippen LogP contribution < -0.4 is 16.0 Å². The molecular formula is C36H65N3O12. The van der Waals surface area contributed by atoms with Crippen molar-refractivity contribution in [2.24, 2.45) is 5.92 Å². The molecule has 0 saturated carbocycles. The van der Waals surface area contributed by atoms with Crippen LogP contribution in [0.25, 0.3) is 0 Å². The first-order valence-electron chi connectivity index (χ1n) is 18.6. The van der Waals surface area contributed by atoms with Gasteiger partial charge in [0.1, 0.15) is 19.3 Å². The molecule has 0 aliphatic carbocycles. The Morgan fingerprint density at radius 3 is 1.45 bits per heavy atom. The Hall–Kier alpha value is -3.14. The van der Waals surface area contributed by atoms with Gasteiger partial charge in [-0.3, -0.25) is 24.0 Å². The van der Waals surface area contributed by atoms with Crippen molar-refractivity contribution in [1.82, 2.24) is 16.0 Å². The van der Waals surface area contributed by atoms with Gasteiger partial charge in [0, 0.05) is 38.3 Å². The van der Waals surface area contributed by atoms with Gasteiger partial charge in [0.05, 0.1) is 39.6 Å². The Kier molecular flexibility index (Phi) is 31.9. The van der Waals surface area contributed by atoms with E-state index >= 15 is 0 Å². The summed E-state index contributed by atoms with van der Waals surface area (Å²) in [6.07, 6.45) is 12.8. The molecule has 0 heterocycles. The van der Waals surface area contributed by atoms with E-state index in [2.05, 4.69) is 16.0 Å². The quantitative estimate of drug-likeness (QED) is 0.0582. The van der Waals surface area contributed by atoms with E-state index in [0.717, 1.165) is 51.4 Å². The Morgan fingerprint density at radius 2 is 0.961 bits per heavy atom. The molecule has 15 nitrogen and oxygen atoms in total. The van der Waals surface area contributed by atoms with Gasteiger partial charge >= 0.3 is 11.9 Å². The van der Waals surface area contributed by atoms with E-state index in [-0.39, 0.29) is 94.7 Å². The lowest BCUT2D eigenvalue weighted by Crippen LogP contribution is -2.41. The van der Waals surface area contributed by atoms with E-state index in [1.54, 1.807) is 0 Å². The zero-order chi connectivity index (χ0) is 38.0. The Balaban J connectivity index is 3.68. The van der Waals surface area contributed by atoms with Crippen molar-refractivity contribution in [1.29, 1.82) is 0 Å². The minimum Gasteiger partial charge on any atom is -0.481 e. The molecule has 0 aromatic heterocycles. The Bertz CT molecular complexity index is 964. The zero-order valence-electron chi connectivity index (χ0n) is 31.0. The SMILES string of the molecule is CC(C)C(=O)COCCOCCNC(=O)COCCOCCNC(=O)CCC(NC(=O)CCCCCCCCCCCCCCC(=O)O)C(=O)O. The van der Waals surface area contributed by atoms with Crippen molar-refractivity contribution in [3.63, 3.8) is 0 Å². The predicted octanol–water partition coefficient (Wildman–Crippen LogP) is 3.41. The molecule has 0 bridgehead atoms. The number of carbonyl (C=O) groups excluding carboxylic acids is 4. The minimum atomic E-state index is -1.18. The highest BCUT2D eigenvalue weighted by molar-refractivity contribution is 5.84. The van der Waals surface area contributed by atoms with Gasteiger partial charge in [0.25, 0.3) is 0 Å². The van der Waals surface area contributed by atoms with Gasteiger partial charge in [-0.2, -0.15) is 0 Å². The number of aliphatic carboxylic acids is 2. The fourth-order valence-electron chi connectivity index (χ4n) is 4.74. The molecule has 3 amide bonds. The molecule has 0 radical (unpaired) electrons. The number of hydrogen-bond donors (Lipinski definition) is 5. The highest BCUT2D eigenvalue weighted by atomic mass is 16.5. The number of amides is 3. The van der Waals surface area contributed by atoms with Crippen molar-refractivity contribution < 1.29 is 57.9 Å². The van der Waals surface area contributed by atoms with Crippen molar-refractivity contribution in [2.75, 3.05) is 65.9 Å². The average Bonchev–Trinajstić information content (AvgIpc) is 3.08. The number of ketones is 1. The molecule has 0 rings (SSSR count). The van der Waals surface area contributed by atoms with Crippen LogP contribution in [0.5, 0.6) is 0 Å². The van der Waals surface area contributed by atoms with Crippen LogP contribution in [0, 0.1) is 5.92 Å². The zero-order valence-corrected chi connectivity index (χ0v) is 31.0. The molecule has 0 fully saturated rings. The second-order valence-electron chi connectivity index (χ2n) is 12.8. The molecule has 0 aromatic rings.